The predicted molar refractivity (Wildman–Crippen MR) is 82.6 cm³/mol. The van der Waals surface area contributed by atoms with Crippen LogP contribution < -0.4 is 5.32 Å². The van der Waals surface area contributed by atoms with Crippen LogP contribution in [0.25, 0.3) is 10.9 Å². The molecule has 2 aromatic carbocycles. The molecule has 6 heteroatoms. The molecule has 0 saturated heterocycles. The Kier molecular flexibility index (Phi) is 3.82. The zero-order chi connectivity index (χ0) is 16.4. The lowest BCUT2D eigenvalue weighted by Crippen LogP contribution is -2.17. The van der Waals surface area contributed by atoms with Crippen molar-refractivity contribution in [2.24, 2.45) is 0 Å². The first-order chi connectivity index (χ1) is 11.0. The predicted octanol–water partition coefficient (Wildman–Crippen LogP) is 4.48. The first-order valence-corrected chi connectivity index (χ1v) is 6.96. The number of hydrogen-bond acceptors (Lipinski definition) is 2. The van der Waals surface area contributed by atoms with E-state index in [0.29, 0.717) is 5.56 Å². The highest BCUT2D eigenvalue weighted by atomic mass is 19.4. The Hall–Kier alpha value is -2.76. The molecule has 0 bridgehead atoms. The number of para-hydroxylation sites is 2. The molecule has 0 spiro atoms. The van der Waals surface area contributed by atoms with Crippen molar-refractivity contribution >= 4 is 22.4 Å². The summed E-state index contributed by atoms with van der Waals surface area (Å²) in [5, 5.41) is 3.34. The Bertz CT molecular complexity index is 852. The summed E-state index contributed by atoms with van der Waals surface area (Å²) in [7, 11) is 0. The number of rotatable bonds is 4. The van der Waals surface area contributed by atoms with Crippen LogP contribution in [0, 0.1) is 0 Å². The van der Waals surface area contributed by atoms with Gasteiger partial charge in [0.05, 0.1) is 12.1 Å². The second kappa shape index (κ2) is 5.79. The summed E-state index contributed by atoms with van der Waals surface area (Å²) in [6.07, 6.45) is -2.89. The van der Waals surface area contributed by atoms with Crippen molar-refractivity contribution in [1.29, 1.82) is 0 Å². The maximum Gasteiger partial charge on any atom is 0.418 e. The van der Waals surface area contributed by atoms with Gasteiger partial charge in [-0.1, -0.05) is 30.3 Å². The molecular formula is C17H13F3N2O. The minimum absolute atomic E-state index is 0.104. The second-order valence-electron chi connectivity index (χ2n) is 5.07. The lowest BCUT2D eigenvalue weighted by Gasteiger charge is -2.13. The van der Waals surface area contributed by atoms with Crippen molar-refractivity contribution in [3.63, 3.8) is 0 Å². The van der Waals surface area contributed by atoms with Crippen molar-refractivity contribution < 1.29 is 18.0 Å². The SMILES string of the molecule is O=C(CNc1ccccc1C(F)(F)F)c1c[nH]c2ccccc12. The highest BCUT2D eigenvalue weighted by molar-refractivity contribution is 6.09. The van der Waals surface area contributed by atoms with Gasteiger partial charge in [-0.3, -0.25) is 4.79 Å². The van der Waals surface area contributed by atoms with E-state index >= 15 is 0 Å². The quantitative estimate of drug-likeness (QED) is 0.697. The van der Waals surface area contributed by atoms with Crippen LogP contribution in [0.5, 0.6) is 0 Å². The van der Waals surface area contributed by atoms with Gasteiger partial charge in [0.2, 0.25) is 0 Å². The number of hydrogen-bond donors (Lipinski definition) is 2. The van der Waals surface area contributed by atoms with Gasteiger partial charge >= 0.3 is 6.18 Å². The van der Waals surface area contributed by atoms with Gasteiger partial charge in [-0.2, -0.15) is 13.2 Å². The van der Waals surface area contributed by atoms with E-state index in [0.717, 1.165) is 17.0 Å². The van der Waals surface area contributed by atoms with Crippen molar-refractivity contribution in [2.75, 3.05) is 11.9 Å². The number of alkyl halides is 3. The van der Waals surface area contributed by atoms with Crippen molar-refractivity contribution in [3.05, 3.63) is 65.9 Å². The van der Waals surface area contributed by atoms with Crippen LogP contribution in [0.1, 0.15) is 15.9 Å². The summed E-state index contributed by atoms with van der Waals surface area (Å²) < 4.78 is 38.8. The van der Waals surface area contributed by atoms with E-state index in [2.05, 4.69) is 10.3 Å². The normalized spacial score (nSPS) is 11.6. The Morgan fingerprint density at radius 2 is 1.74 bits per heavy atom. The number of aromatic nitrogens is 1. The topological polar surface area (TPSA) is 44.9 Å². The molecule has 3 aromatic rings. The molecule has 0 aliphatic rings. The van der Waals surface area contributed by atoms with Crippen LogP contribution in [0.3, 0.4) is 0 Å². The monoisotopic (exact) mass is 318 g/mol. The highest BCUT2D eigenvalue weighted by Gasteiger charge is 2.33. The maximum absolute atomic E-state index is 12.9. The van der Waals surface area contributed by atoms with Gasteiger partial charge < -0.3 is 10.3 Å². The summed E-state index contributed by atoms with van der Waals surface area (Å²) in [6, 6.07) is 12.4. The average molecular weight is 318 g/mol. The number of fused-ring (bicyclic) bond motifs is 1. The third kappa shape index (κ3) is 3.06. The number of nitrogens with one attached hydrogen (secondary N) is 2. The molecule has 0 aliphatic heterocycles. The zero-order valence-electron chi connectivity index (χ0n) is 11.9. The molecule has 0 amide bonds. The zero-order valence-corrected chi connectivity index (χ0v) is 11.9. The Balaban J connectivity index is 1.80. The molecule has 3 nitrogen and oxygen atoms in total. The molecule has 23 heavy (non-hydrogen) atoms. The van der Waals surface area contributed by atoms with Gasteiger partial charge in [0.1, 0.15) is 0 Å². The molecule has 0 atom stereocenters. The van der Waals surface area contributed by atoms with E-state index in [1.807, 2.05) is 12.1 Å². The van der Waals surface area contributed by atoms with E-state index < -0.39 is 11.7 Å². The fourth-order valence-electron chi connectivity index (χ4n) is 2.46. The molecule has 2 N–H and O–H groups in total. The summed E-state index contributed by atoms with van der Waals surface area (Å²) in [5.41, 5.74) is 0.379. The number of Topliss-reactive ketones (excluding diaryl/α,β-unsaturated/α-hetero) is 1. The van der Waals surface area contributed by atoms with Gasteiger partial charge in [-0.15, -0.1) is 0 Å². The molecule has 1 aromatic heterocycles. The number of carbonyl (C=O) groups is 1. The third-order valence-electron chi connectivity index (χ3n) is 3.56. The summed E-state index contributed by atoms with van der Waals surface area (Å²) in [6.45, 7) is -0.213. The minimum Gasteiger partial charge on any atom is -0.377 e. The van der Waals surface area contributed by atoms with Gasteiger partial charge in [-0.05, 0) is 18.2 Å². The van der Waals surface area contributed by atoms with Crippen LogP contribution in [0.15, 0.2) is 54.7 Å². The van der Waals surface area contributed by atoms with Crippen molar-refractivity contribution in [1.82, 2.24) is 4.98 Å². The molecule has 0 fully saturated rings. The molecule has 0 saturated carbocycles. The van der Waals surface area contributed by atoms with Crippen LogP contribution in [0.4, 0.5) is 18.9 Å². The molecule has 0 unspecified atom stereocenters. The summed E-state index contributed by atoms with van der Waals surface area (Å²) >= 11 is 0. The van der Waals surface area contributed by atoms with Gasteiger partial charge in [0.25, 0.3) is 0 Å². The van der Waals surface area contributed by atoms with Gasteiger partial charge in [0, 0.05) is 28.4 Å². The number of H-pyrrole nitrogens is 1. The number of aromatic amines is 1. The number of anilines is 1. The smallest absolute Gasteiger partial charge is 0.377 e. The first kappa shape index (κ1) is 15.1. The van der Waals surface area contributed by atoms with Crippen LogP contribution >= 0.6 is 0 Å². The first-order valence-electron chi connectivity index (χ1n) is 6.96. The minimum atomic E-state index is -4.46. The molecule has 0 radical (unpaired) electrons. The van der Waals surface area contributed by atoms with Crippen LogP contribution in [-0.2, 0) is 6.18 Å². The van der Waals surface area contributed by atoms with Gasteiger partial charge in [-0.25, -0.2) is 0 Å². The van der Waals surface area contributed by atoms with Crippen molar-refractivity contribution in [2.45, 2.75) is 6.18 Å². The molecule has 1 heterocycles. The Morgan fingerprint density at radius 3 is 2.52 bits per heavy atom. The number of ketones is 1. The van der Waals surface area contributed by atoms with Crippen molar-refractivity contribution in [3.8, 4) is 0 Å². The molecular weight excluding hydrogens is 305 g/mol. The fourth-order valence-corrected chi connectivity index (χ4v) is 2.46. The van der Waals surface area contributed by atoms with E-state index in [9.17, 15) is 18.0 Å². The van der Waals surface area contributed by atoms with E-state index in [4.69, 9.17) is 0 Å². The number of halogens is 3. The number of benzene rings is 2. The lowest BCUT2D eigenvalue weighted by atomic mass is 10.1. The van der Waals surface area contributed by atoms with Crippen LogP contribution in [-0.4, -0.2) is 17.3 Å². The Morgan fingerprint density at radius 1 is 1.04 bits per heavy atom. The fraction of sp³-hybridized carbons (Fsp3) is 0.118. The summed E-state index contributed by atoms with van der Waals surface area (Å²) in [4.78, 5) is 15.3. The highest BCUT2D eigenvalue weighted by Crippen LogP contribution is 2.34. The largest absolute Gasteiger partial charge is 0.418 e. The van der Waals surface area contributed by atoms with Gasteiger partial charge in [0.15, 0.2) is 5.78 Å². The lowest BCUT2D eigenvalue weighted by molar-refractivity contribution is -0.136. The third-order valence-corrected chi connectivity index (χ3v) is 3.56. The molecule has 0 aliphatic carbocycles. The second-order valence-corrected chi connectivity index (χ2v) is 5.07. The Labute approximate surface area is 130 Å². The van der Waals surface area contributed by atoms with E-state index in [-0.39, 0.29) is 18.0 Å². The van der Waals surface area contributed by atoms with Crippen LogP contribution in [0.2, 0.25) is 0 Å². The van der Waals surface area contributed by atoms with E-state index in [1.54, 1.807) is 18.3 Å². The standard InChI is InChI=1S/C17H13F3N2O/c18-17(19,20)13-6-2-4-8-15(13)22-10-16(23)12-9-21-14-7-3-1-5-11(12)14/h1-9,21-22H,10H2. The average Bonchev–Trinajstić information content (AvgIpc) is 2.96. The number of carbonyl (C=O) groups excluding carboxylic acids is 1. The maximum atomic E-state index is 12.9. The summed E-state index contributed by atoms with van der Waals surface area (Å²) in [5.74, 6) is -0.278. The van der Waals surface area contributed by atoms with E-state index in [1.165, 1.54) is 18.2 Å². The molecule has 3 rings (SSSR count). The molecule has 118 valence electrons.